The molecule has 1 N–H and O–H groups in total. The minimum atomic E-state index is -3.56. The lowest BCUT2D eigenvalue weighted by Crippen LogP contribution is -2.29. The summed E-state index contributed by atoms with van der Waals surface area (Å²) in [6.45, 7) is 0.0896. The Morgan fingerprint density at radius 2 is 1.86 bits per heavy atom. The number of nitrogens with one attached hydrogen (secondary N) is 1. The van der Waals surface area contributed by atoms with Crippen molar-refractivity contribution < 1.29 is 13.2 Å². The second kappa shape index (κ2) is 9.12. The van der Waals surface area contributed by atoms with Crippen LogP contribution < -0.4 is 9.62 Å². The van der Waals surface area contributed by atoms with Crippen LogP contribution in [0.4, 0.5) is 10.8 Å². The van der Waals surface area contributed by atoms with Gasteiger partial charge >= 0.3 is 0 Å². The first-order valence-corrected chi connectivity index (χ1v) is 12.5. The molecule has 0 unspecified atom stereocenters. The van der Waals surface area contributed by atoms with Crippen molar-refractivity contribution in [3.05, 3.63) is 64.7 Å². The molecule has 0 atom stereocenters. The molecule has 29 heavy (non-hydrogen) atoms. The maximum atomic E-state index is 12.4. The van der Waals surface area contributed by atoms with Crippen LogP contribution >= 0.6 is 34.7 Å². The van der Waals surface area contributed by atoms with Gasteiger partial charge in [-0.1, -0.05) is 52.9 Å². The van der Waals surface area contributed by atoms with Crippen molar-refractivity contribution in [1.29, 1.82) is 0 Å². The Hall–Kier alpha value is -2.14. The zero-order valence-corrected chi connectivity index (χ0v) is 18.7. The van der Waals surface area contributed by atoms with Gasteiger partial charge in [0.1, 0.15) is 0 Å². The van der Waals surface area contributed by atoms with Crippen LogP contribution in [0.2, 0.25) is 5.02 Å². The van der Waals surface area contributed by atoms with E-state index in [2.05, 4.69) is 15.5 Å². The molecule has 0 saturated heterocycles. The van der Waals surface area contributed by atoms with Crippen molar-refractivity contribution in [2.75, 3.05) is 22.1 Å². The van der Waals surface area contributed by atoms with Gasteiger partial charge < -0.3 is 0 Å². The Morgan fingerprint density at radius 3 is 2.45 bits per heavy atom. The Morgan fingerprint density at radius 1 is 1.17 bits per heavy atom. The van der Waals surface area contributed by atoms with E-state index in [1.807, 2.05) is 6.26 Å². The average Bonchev–Trinajstić information content (AvgIpc) is 3.14. The summed E-state index contributed by atoms with van der Waals surface area (Å²) in [6.07, 6.45) is 3.00. The van der Waals surface area contributed by atoms with E-state index in [1.165, 1.54) is 27.4 Å². The summed E-state index contributed by atoms with van der Waals surface area (Å²) in [5.74, 6) is -0.350. The van der Waals surface area contributed by atoms with Gasteiger partial charge in [0, 0.05) is 10.6 Å². The molecule has 2 aromatic carbocycles. The minimum Gasteiger partial charge on any atom is -0.296 e. The van der Waals surface area contributed by atoms with E-state index in [-0.39, 0.29) is 12.5 Å². The monoisotopic (exact) mass is 468 g/mol. The predicted molar refractivity (Wildman–Crippen MR) is 119 cm³/mol. The van der Waals surface area contributed by atoms with Crippen molar-refractivity contribution in [1.82, 2.24) is 10.2 Å². The van der Waals surface area contributed by atoms with Crippen LogP contribution in [-0.2, 0) is 16.6 Å². The van der Waals surface area contributed by atoms with Crippen LogP contribution in [0, 0.1) is 0 Å². The van der Waals surface area contributed by atoms with Crippen molar-refractivity contribution in [3.63, 3.8) is 0 Å². The van der Waals surface area contributed by atoms with E-state index in [0.717, 1.165) is 10.6 Å². The summed E-state index contributed by atoms with van der Waals surface area (Å²) in [5, 5.41) is 11.4. The molecule has 152 valence electrons. The fourth-order valence-electron chi connectivity index (χ4n) is 2.47. The number of benzene rings is 2. The van der Waals surface area contributed by atoms with Gasteiger partial charge in [-0.15, -0.1) is 10.2 Å². The molecule has 0 radical (unpaired) electrons. The molecule has 1 aromatic heterocycles. The van der Waals surface area contributed by atoms with Crippen LogP contribution in [0.5, 0.6) is 0 Å². The lowest BCUT2D eigenvalue weighted by atomic mass is 10.2. The van der Waals surface area contributed by atoms with Gasteiger partial charge in [0.15, 0.2) is 4.34 Å². The number of halogens is 1. The normalized spacial score (nSPS) is 11.3. The fourth-order valence-corrected chi connectivity index (χ4v) is 4.71. The lowest BCUT2D eigenvalue weighted by Gasteiger charge is -2.23. The van der Waals surface area contributed by atoms with E-state index in [1.54, 1.807) is 48.5 Å². The highest BCUT2D eigenvalue weighted by Crippen LogP contribution is 2.26. The summed E-state index contributed by atoms with van der Waals surface area (Å²) in [6, 6.07) is 13.3. The van der Waals surface area contributed by atoms with Gasteiger partial charge in [0.2, 0.25) is 15.2 Å². The van der Waals surface area contributed by atoms with E-state index in [4.69, 9.17) is 11.6 Å². The van der Waals surface area contributed by atoms with Crippen LogP contribution in [0.25, 0.3) is 0 Å². The molecular weight excluding hydrogens is 452 g/mol. The number of nitrogens with zero attached hydrogens (tertiary/aromatic N) is 3. The predicted octanol–water partition coefficient (Wildman–Crippen LogP) is 4.13. The first kappa shape index (κ1) is 21.6. The third kappa shape index (κ3) is 5.47. The van der Waals surface area contributed by atoms with Gasteiger partial charge in [-0.25, -0.2) is 8.42 Å². The second-order valence-electron chi connectivity index (χ2n) is 5.94. The first-order chi connectivity index (χ1) is 13.8. The Balaban J connectivity index is 1.80. The molecule has 0 bridgehead atoms. The first-order valence-electron chi connectivity index (χ1n) is 8.28. The minimum absolute atomic E-state index is 0.0896. The number of carbonyl (C=O) groups excluding carboxylic acids is 1. The maximum absolute atomic E-state index is 12.4. The third-order valence-corrected chi connectivity index (χ3v) is 7.21. The van der Waals surface area contributed by atoms with E-state index in [9.17, 15) is 13.2 Å². The number of rotatable bonds is 7. The van der Waals surface area contributed by atoms with Crippen molar-refractivity contribution in [3.8, 4) is 0 Å². The van der Waals surface area contributed by atoms with Crippen LogP contribution in [0.15, 0.2) is 52.9 Å². The van der Waals surface area contributed by atoms with Crippen molar-refractivity contribution in [2.45, 2.75) is 10.9 Å². The van der Waals surface area contributed by atoms with Gasteiger partial charge in [-0.2, -0.15) is 0 Å². The standard InChI is InChI=1S/C18H17ClN4O3S3/c1-27-18-22-21-17(28-18)20-16(24)12-7-9-14(10-8-12)23(29(2,25)26)11-13-5-3-4-6-15(13)19/h3-10H,11H2,1-2H3,(H,20,21,24). The summed E-state index contributed by atoms with van der Waals surface area (Å²) < 4.78 is 26.6. The van der Waals surface area contributed by atoms with Crippen molar-refractivity contribution in [2.24, 2.45) is 0 Å². The maximum Gasteiger partial charge on any atom is 0.257 e. The zero-order chi connectivity index (χ0) is 21.0. The van der Waals surface area contributed by atoms with Gasteiger partial charge in [-0.3, -0.25) is 14.4 Å². The average molecular weight is 469 g/mol. The topological polar surface area (TPSA) is 92.3 Å². The quantitative estimate of drug-likeness (QED) is 0.414. The molecule has 3 rings (SSSR count). The molecule has 0 aliphatic rings. The van der Waals surface area contributed by atoms with Crippen LogP contribution in [0.3, 0.4) is 0 Å². The van der Waals surface area contributed by atoms with E-state index < -0.39 is 10.0 Å². The Labute approximate surface area is 182 Å². The number of anilines is 2. The fraction of sp³-hybridized carbons (Fsp3) is 0.167. The summed E-state index contributed by atoms with van der Waals surface area (Å²) in [4.78, 5) is 12.4. The number of hydrogen-bond donors (Lipinski definition) is 1. The zero-order valence-electron chi connectivity index (χ0n) is 15.5. The second-order valence-corrected chi connectivity index (χ2v) is 10.3. The highest BCUT2D eigenvalue weighted by molar-refractivity contribution is 8.00. The van der Waals surface area contributed by atoms with Gasteiger partial charge in [0.25, 0.3) is 5.91 Å². The molecule has 1 amide bonds. The molecule has 0 fully saturated rings. The summed E-state index contributed by atoms with van der Waals surface area (Å²) in [7, 11) is -3.56. The smallest absolute Gasteiger partial charge is 0.257 e. The molecule has 1 heterocycles. The molecule has 11 heteroatoms. The SMILES string of the molecule is CSc1nnc(NC(=O)c2ccc(N(Cc3ccccc3Cl)S(C)(=O)=O)cc2)s1. The van der Waals surface area contributed by atoms with Crippen LogP contribution in [0.1, 0.15) is 15.9 Å². The largest absolute Gasteiger partial charge is 0.296 e. The number of carbonyl (C=O) groups is 1. The van der Waals surface area contributed by atoms with E-state index in [0.29, 0.717) is 27.0 Å². The third-order valence-electron chi connectivity index (χ3n) is 3.89. The molecule has 0 aliphatic carbocycles. The number of sulfonamides is 1. The number of thioether (sulfide) groups is 1. The molecule has 7 nitrogen and oxygen atoms in total. The van der Waals surface area contributed by atoms with E-state index >= 15 is 0 Å². The van der Waals surface area contributed by atoms with Crippen LogP contribution in [-0.4, -0.2) is 37.0 Å². The molecular formula is C18H17ClN4O3S3. The number of amides is 1. The summed E-state index contributed by atoms with van der Waals surface area (Å²) in [5.41, 5.74) is 1.49. The summed E-state index contributed by atoms with van der Waals surface area (Å²) >= 11 is 8.90. The lowest BCUT2D eigenvalue weighted by molar-refractivity contribution is 0.102. The molecule has 3 aromatic rings. The highest BCUT2D eigenvalue weighted by atomic mass is 35.5. The Bertz CT molecular complexity index is 1120. The molecule has 0 saturated carbocycles. The highest BCUT2D eigenvalue weighted by Gasteiger charge is 2.19. The number of hydrogen-bond acceptors (Lipinski definition) is 7. The molecule has 0 spiro atoms. The van der Waals surface area contributed by atoms with Crippen molar-refractivity contribution >= 4 is 61.4 Å². The molecule has 0 aliphatic heterocycles. The van der Waals surface area contributed by atoms with Gasteiger partial charge in [-0.05, 0) is 42.2 Å². The Kier molecular flexibility index (Phi) is 6.78. The van der Waals surface area contributed by atoms with Gasteiger partial charge in [0.05, 0.1) is 18.5 Å². The number of aromatic nitrogens is 2.